The van der Waals surface area contributed by atoms with E-state index in [1.165, 1.54) is 0 Å². The van der Waals surface area contributed by atoms with E-state index in [-0.39, 0.29) is 30.4 Å². The van der Waals surface area contributed by atoms with Gasteiger partial charge >= 0.3 is 5.97 Å². The quantitative estimate of drug-likeness (QED) is 0.549. The van der Waals surface area contributed by atoms with Gasteiger partial charge in [0.2, 0.25) is 0 Å². The Bertz CT molecular complexity index is 1060. The van der Waals surface area contributed by atoms with Crippen molar-refractivity contribution in [1.29, 1.82) is 0 Å². The number of hydrazone groups is 1. The van der Waals surface area contributed by atoms with Crippen LogP contribution in [0, 0.1) is 5.92 Å². The Morgan fingerprint density at radius 2 is 1.91 bits per heavy atom. The summed E-state index contributed by atoms with van der Waals surface area (Å²) in [6, 6.07) is 15.0. The summed E-state index contributed by atoms with van der Waals surface area (Å²) in [6.07, 6.45) is 2.20. The number of nitrogens with zero attached hydrogens (tertiary/aromatic N) is 3. The smallest absolute Gasteiger partial charge is 0.310 e. The molecule has 0 saturated carbocycles. The lowest BCUT2D eigenvalue weighted by Gasteiger charge is -2.32. The van der Waals surface area contributed by atoms with E-state index in [9.17, 15) is 9.59 Å². The van der Waals surface area contributed by atoms with Crippen LogP contribution in [0.1, 0.15) is 43.4 Å². The van der Waals surface area contributed by atoms with Gasteiger partial charge in [0.25, 0.3) is 5.91 Å². The second-order valence-electron chi connectivity index (χ2n) is 8.58. The third kappa shape index (κ3) is 5.42. The number of benzene rings is 2. The number of methoxy groups -OCH3 is 1. The van der Waals surface area contributed by atoms with Gasteiger partial charge in [-0.25, -0.2) is 5.01 Å². The van der Waals surface area contributed by atoms with Crippen LogP contribution < -0.4 is 4.74 Å². The lowest BCUT2D eigenvalue weighted by molar-refractivity contribution is -0.150. The molecule has 0 radical (unpaired) electrons. The van der Waals surface area contributed by atoms with E-state index in [1.807, 2.05) is 60.4 Å². The Balaban J connectivity index is 1.55. The number of hydrogen-bond donors (Lipinski definition) is 0. The highest BCUT2D eigenvalue weighted by molar-refractivity contribution is 6.34. The van der Waals surface area contributed by atoms with Crippen molar-refractivity contribution in [1.82, 2.24) is 9.91 Å². The van der Waals surface area contributed by atoms with Crippen molar-refractivity contribution < 1.29 is 19.1 Å². The van der Waals surface area contributed by atoms with Gasteiger partial charge in [-0.15, -0.1) is 0 Å². The molecule has 2 atom stereocenters. The van der Waals surface area contributed by atoms with Crippen LogP contribution in [0.4, 0.5) is 0 Å². The molecule has 8 heteroatoms. The summed E-state index contributed by atoms with van der Waals surface area (Å²) in [4.78, 5) is 27.7. The molecule has 180 valence electrons. The Hall–Kier alpha value is -2.90. The molecule has 0 aliphatic carbocycles. The minimum Gasteiger partial charge on any atom is -0.497 e. The summed E-state index contributed by atoms with van der Waals surface area (Å²) < 4.78 is 10.5. The lowest BCUT2D eigenvalue weighted by Crippen LogP contribution is -2.44. The molecule has 0 aromatic heterocycles. The SMILES string of the molecule is CCOC(=O)[C@H]1CCCN(CC(=O)N2N=C(c3ccccc3Cl)C[C@@H]2c2ccc(OC)cc2)C1. The fourth-order valence-electron chi connectivity index (χ4n) is 4.60. The highest BCUT2D eigenvalue weighted by Crippen LogP contribution is 2.35. The van der Waals surface area contributed by atoms with Gasteiger partial charge in [0.15, 0.2) is 0 Å². The zero-order valence-corrected chi connectivity index (χ0v) is 20.3. The number of ether oxygens (including phenoxy) is 2. The Morgan fingerprint density at radius 1 is 1.15 bits per heavy atom. The third-order valence-electron chi connectivity index (χ3n) is 6.34. The molecular weight excluding hydrogens is 454 g/mol. The number of piperidine rings is 1. The van der Waals surface area contributed by atoms with Gasteiger partial charge in [0.1, 0.15) is 5.75 Å². The topological polar surface area (TPSA) is 71.4 Å². The van der Waals surface area contributed by atoms with Crippen LogP contribution in [-0.4, -0.2) is 60.8 Å². The molecule has 1 saturated heterocycles. The van der Waals surface area contributed by atoms with Gasteiger partial charge in [0, 0.05) is 23.6 Å². The monoisotopic (exact) mass is 483 g/mol. The number of amides is 1. The molecule has 34 heavy (non-hydrogen) atoms. The average molecular weight is 484 g/mol. The van der Waals surface area contributed by atoms with E-state index in [0.29, 0.717) is 24.6 Å². The van der Waals surface area contributed by atoms with E-state index >= 15 is 0 Å². The second kappa shape index (κ2) is 11.0. The second-order valence-corrected chi connectivity index (χ2v) is 8.99. The van der Waals surface area contributed by atoms with Crippen molar-refractivity contribution in [3.63, 3.8) is 0 Å². The standard InChI is InChI=1S/C26H30ClN3O4/c1-3-34-26(32)19-7-6-14-29(16-19)17-25(31)30-24(18-10-12-20(33-2)13-11-18)15-23(28-30)21-8-4-5-9-22(21)27/h4-5,8-13,19,24H,3,6-7,14-17H2,1-2H3/t19-,24+/m0/s1. The molecule has 1 fully saturated rings. The molecule has 0 spiro atoms. The Labute approximate surface area is 205 Å². The first-order chi connectivity index (χ1) is 16.5. The van der Waals surface area contributed by atoms with Crippen LogP contribution in [0.15, 0.2) is 53.6 Å². The van der Waals surface area contributed by atoms with Crippen LogP contribution >= 0.6 is 11.6 Å². The van der Waals surface area contributed by atoms with Gasteiger partial charge in [-0.05, 0) is 50.1 Å². The van der Waals surface area contributed by atoms with Crippen LogP contribution in [0.25, 0.3) is 0 Å². The van der Waals surface area contributed by atoms with Gasteiger partial charge in [0.05, 0.1) is 37.9 Å². The summed E-state index contributed by atoms with van der Waals surface area (Å²) in [5.74, 6) is 0.271. The maximum atomic E-state index is 13.5. The normalized spacial score (nSPS) is 20.7. The van der Waals surface area contributed by atoms with Crippen molar-refractivity contribution in [3.05, 3.63) is 64.7 Å². The van der Waals surface area contributed by atoms with E-state index in [0.717, 1.165) is 42.0 Å². The molecule has 0 unspecified atom stereocenters. The van der Waals surface area contributed by atoms with Crippen LogP contribution in [0.5, 0.6) is 5.75 Å². The summed E-state index contributed by atoms with van der Waals surface area (Å²) in [6.45, 7) is 3.66. The number of rotatable bonds is 7. The molecule has 4 rings (SSSR count). The molecule has 2 aliphatic heterocycles. The maximum absolute atomic E-state index is 13.5. The number of esters is 1. The molecule has 2 heterocycles. The van der Waals surface area contributed by atoms with Gasteiger partial charge < -0.3 is 9.47 Å². The van der Waals surface area contributed by atoms with Crippen molar-refractivity contribution in [2.75, 3.05) is 33.4 Å². The van der Waals surface area contributed by atoms with Gasteiger partial charge in [-0.2, -0.15) is 5.10 Å². The largest absolute Gasteiger partial charge is 0.497 e. The number of carbonyl (C=O) groups excluding carboxylic acids is 2. The maximum Gasteiger partial charge on any atom is 0.310 e. The molecule has 7 nitrogen and oxygen atoms in total. The first-order valence-corrected chi connectivity index (χ1v) is 12.0. The predicted molar refractivity (Wildman–Crippen MR) is 131 cm³/mol. The van der Waals surface area contributed by atoms with Crippen molar-refractivity contribution in [2.45, 2.75) is 32.2 Å². The summed E-state index contributed by atoms with van der Waals surface area (Å²) in [7, 11) is 1.63. The molecule has 0 bridgehead atoms. The summed E-state index contributed by atoms with van der Waals surface area (Å²) in [5, 5.41) is 6.92. The zero-order chi connectivity index (χ0) is 24.1. The first-order valence-electron chi connectivity index (χ1n) is 11.7. The highest BCUT2D eigenvalue weighted by Gasteiger charge is 2.35. The van der Waals surface area contributed by atoms with Crippen molar-refractivity contribution >= 4 is 29.2 Å². The first kappa shape index (κ1) is 24.2. The fraction of sp³-hybridized carbons (Fsp3) is 0.423. The third-order valence-corrected chi connectivity index (χ3v) is 6.67. The minimum absolute atomic E-state index is 0.104. The number of halogens is 1. The van der Waals surface area contributed by atoms with E-state index in [2.05, 4.69) is 0 Å². The fourth-order valence-corrected chi connectivity index (χ4v) is 4.84. The number of hydrogen-bond acceptors (Lipinski definition) is 6. The summed E-state index contributed by atoms with van der Waals surface area (Å²) >= 11 is 6.44. The molecule has 2 aromatic rings. The zero-order valence-electron chi connectivity index (χ0n) is 19.6. The molecular formula is C26H30ClN3O4. The number of carbonyl (C=O) groups is 2. The Kier molecular flexibility index (Phi) is 7.85. The average Bonchev–Trinajstić information content (AvgIpc) is 3.30. The van der Waals surface area contributed by atoms with E-state index in [1.54, 1.807) is 12.1 Å². The molecule has 0 N–H and O–H groups in total. The van der Waals surface area contributed by atoms with Crippen LogP contribution in [0.3, 0.4) is 0 Å². The van der Waals surface area contributed by atoms with E-state index < -0.39 is 0 Å². The molecule has 2 aliphatic rings. The minimum atomic E-state index is -0.240. The van der Waals surface area contributed by atoms with E-state index in [4.69, 9.17) is 26.2 Å². The Morgan fingerprint density at radius 3 is 2.62 bits per heavy atom. The predicted octanol–water partition coefficient (Wildman–Crippen LogP) is 4.30. The number of likely N-dealkylation sites (tertiary alicyclic amines) is 1. The van der Waals surface area contributed by atoms with Gasteiger partial charge in [-0.3, -0.25) is 14.5 Å². The van der Waals surface area contributed by atoms with Crippen LogP contribution in [-0.2, 0) is 14.3 Å². The lowest BCUT2D eigenvalue weighted by atomic mass is 9.97. The summed E-state index contributed by atoms with van der Waals surface area (Å²) in [5.41, 5.74) is 2.59. The van der Waals surface area contributed by atoms with Crippen LogP contribution in [0.2, 0.25) is 5.02 Å². The highest BCUT2D eigenvalue weighted by atomic mass is 35.5. The molecule has 2 aromatic carbocycles. The van der Waals surface area contributed by atoms with Crippen molar-refractivity contribution in [3.8, 4) is 5.75 Å². The molecule has 1 amide bonds. The van der Waals surface area contributed by atoms with Crippen molar-refractivity contribution in [2.24, 2.45) is 11.0 Å². The van der Waals surface area contributed by atoms with Gasteiger partial charge in [-0.1, -0.05) is 41.9 Å².